The van der Waals surface area contributed by atoms with E-state index in [1.165, 1.54) is 7.11 Å². The number of benzene rings is 3. The molecule has 0 amide bonds. The Balaban J connectivity index is 1.48. The van der Waals surface area contributed by atoms with Gasteiger partial charge in [0.1, 0.15) is 24.4 Å². The van der Waals surface area contributed by atoms with E-state index in [0.717, 1.165) is 16.7 Å². The molecule has 3 aromatic rings. The molecule has 1 saturated heterocycles. The van der Waals surface area contributed by atoms with E-state index in [4.69, 9.17) is 23.7 Å². The molecule has 6 heteroatoms. The smallest absolute Gasteiger partial charge is 0.186 e. The highest BCUT2D eigenvalue weighted by Gasteiger charge is 2.47. The average Bonchev–Trinajstić information content (AvgIpc) is 2.89. The minimum Gasteiger partial charge on any atom is -0.385 e. The van der Waals surface area contributed by atoms with Gasteiger partial charge >= 0.3 is 0 Å². The molecular weight excluding hydrogens is 432 g/mol. The van der Waals surface area contributed by atoms with Crippen LogP contribution in [0.5, 0.6) is 0 Å². The van der Waals surface area contributed by atoms with Gasteiger partial charge in [0, 0.05) is 7.11 Å². The van der Waals surface area contributed by atoms with Crippen LogP contribution < -0.4 is 0 Å². The Morgan fingerprint density at radius 3 is 1.65 bits per heavy atom. The van der Waals surface area contributed by atoms with Crippen molar-refractivity contribution in [3.63, 3.8) is 0 Å². The lowest BCUT2D eigenvalue weighted by Crippen LogP contribution is -2.60. The number of aliphatic hydroxyl groups is 1. The Bertz CT molecular complexity index is 952. The molecule has 180 valence electrons. The Morgan fingerprint density at radius 2 is 1.15 bits per heavy atom. The van der Waals surface area contributed by atoms with E-state index in [1.807, 2.05) is 91.0 Å². The molecule has 0 bridgehead atoms. The van der Waals surface area contributed by atoms with E-state index in [1.54, 1.807) is 0 Å². The van der Waals surface area contributed by atoms with Crippen molar-refractivity contribution < 1.29 is 28.8 Å². The summed E-state index contributed by atoms with van der Waals surface area (Å²) in [6.07, 6.45) is -3.56. The molecule has 1 N–H and O–H groups in total. The molecule has 1 fully saturated rings. The first-order valence-corrected chi connectivity index (χ1v) is 11.5. The van der Waals surface area contributed by atoms with Crippen LogP contribution in [0.1, 0.15) is 16.7 Å². The standard InChI is InChI=1S/C28H32O6/c1-30-28-25(29)27(33-19-23-15-9-4-10-16-23)26(32-18-22-13-7-3-8-14-22)24(34-28)20-31-17-21-11-5-2-6-12-21/h2-16,24-29H,17-20H2,1H3/t24-,25-,26-,27-,28+/m1/s1. The van der Waals surface area contributed by atoms with Crippen molar-refractivity contribution in [3.8, 4) is 0 Å². The van der Waals surface area contributed by atoms with E-state index in [-0.39, 0.29) is 6.61 Å². The Hall–Kier alpha value is -2.58. The zero-order valence-corrected chi connectivity index (χ0v) is 19.4. The van der Waals surface area contributed by atoms with Crippen LogP contribution in [0.15, 0.2) is 91.0 Å². The van der Waals surface area contributed by atoms with E-state index >= 15 is 0 Å². The van der Waals surface area contributed by atoms with Crippen LogP contribution in [0, 0.1) is 0 Å². The molecule has 1 aliphatic rings. The van der Waals surface area contributed by atoms with Crippen LogP contribution in [0.25, 0.3) is 0 Å². The van der Waals surface area contributed by atoms with Gasteiger partial charge in [-0.25, -0.2) is 0 Å². The van der Waals surface area contributed by atoms with Gasteiger partial charge in [-0.1, -0.05) is 91.0 Å². The van der Waals surface area contributed by atoms with Crippen LogP contribution in [0.2, 0.25) is 0 Å². The van der Waals surface area contributed by atoms with Crippen molar-refractivity contribution in [2.45, 2.75) is 50.5 Å². The monoisotopic (exact) mass is 464 g/mol. The van der Waals surface area contributed by atoms with Crippen molar-refractivity contribution in [2.24, 2.45) is 0 Å². The molecule has 1 aliphatic heterocycles. The Morgan fingerprint density at radius 1 is 0.676 bits per heavy atom. The lowest BCUT2D eigenvalue weighted by atomic mass is 9.98. The molecule has 6 nitrogen and oxygen atoms in total. The summed E-state index contributed by atoms with van der Waals surface area (Å²) in [6.45, 7) is 1.41. The molecule has 0 unspecified atom stereocenters. The molecule has 0 aliphatic carbocycles. The largest absolute Gasteiger partial charge is 0.385 e. The average molecular weight is 465 g/mol. The van der Waals surface area contributed by atoms with Crippen LogP contribution in [0.4, 0.5) is 0 Å². The predicted octanol–water partition coefficient (Wildman–Crippen LogP) is 4.11. The molecule has 34 heavy (non-hydrogen) atoms. The third-order valence-corrected chi connectivity index (χ3v) is 5.81. The summed E-state index contributed by atoms with van der Waals surface area (Å²) in [7, 11) is 1.51. The van der Waals surface area contributed by atoms with E-state index in [0.29, 0.717) is 19.8 Å². The van der Waals surface area contributed by atoms with Gasteiger partial charge in [0.05, 0.1) is 26.4 Å². The van der Waals surface area contributed by atoms with Gasteiger partial charge in [-0.2, -0.15) is 0 Å². The van der Waals surface area contributed by atoms with Gasteiger partial charge in [-0.3, -0.25) is 0 Å². The summed E-state index contributed by atoms with van der Waals surface area (Å²) in [6, 6.07) is 29.7. The summed E-state index contributed by atoms with van der Waals surface area (Å²) in [5, 5.41) is 11.0. The lowest BCUT2D eigenvalue weighted by Gasteiger charge is -2.43. The molecule has 4 rings (SSSR count). The van der Waals surface area contributed by atoms with E-state index in [2.05, 4.69) is 0 Å². The van der Waals surface area contributed by atoms with Crippen LogP contribution in [-0.4, -0.2) is 49.5 Å². The second kappa shape index (κ2) is 12.8. The zero-order valence-electron chi connectivity index (χ0n) is 19.4. The van der Waals surface area contributed by atoms with Gasteiger partial charge < -0.3 is 28.8 Å². The number of methoxy groups -OCH3 is 1. The SMILES string of the molecule is CO[C@H]1O[C@H](COCc2ccccc2)[C@@H](OCc2ccccc2)[C@H](OCc2ccccc2)[C@H]1O. The van der Waals surface area contributed by atoms with Crippen LogP contribution in [0.3, 0.4) is 0 Å². The molecule has 0 radical (unpaired) electrons. The summed E-state index contributed by atoms with van der Waals surface area (Å²) in [4.78, 5) is 0. The number of aliphatic hydroxyl groups excluding tert-OH is 1. The predicted molar refractivity (Wildman–Crippen MR) is 128 cm³/mol. The molecule has 5 atom stereocenters. The summed E-state index contributed by atoms with van der Waals surface area (Å²) in [5.41, 5.74) is 3.10. The fourth-order valence-corrected chi connectivity index (χ4v) is 4.02. The highest BCUT2D eigenvalue weighted by atomic mass is 16.7. The molecule has 0 spiro atoms. The third kappa shape index (κ3) is 6.73. The summed E-state index contributed by atoms with van der Waals surface area (Å²) in [5.74, 6) is 0. The molecule has 1 heterocycles. The highest BCUT2D eigenvalue weighted by molar-refractivity contribution is 5.15. The molecule has 0 aromatic heterocycles. The van der Waals surface area contributed by atoms with Crippen LogP contribution in [-0.2, 0) is 43.5 Å². The first-order chi connectivity index (χ1) is 16.7. The lowest BCUT2D eigenvalue weighted by molar-refractivity contribution is -0.313. The van der Waals surface area contributed by atoms with E-state index in [9.17, 15) is 5.11 Å². The van der Waals surface area contributed by atoms with Crippen molar-refractivity contribution in [2.75, 3.05) is 13.7 Å². The minimum absolute atomic E-state index is 0.270. The highest BCUT2D eigenvalue weighted by Crippen LogP contribution is 2.28. The van der Waals surface area contributed by atoms with Gasteiger partial charge in [-0.15, -0.1) is 0 Å². The third-order valence-electron chi connectivity index (χ3n) is 5.81. The van der Waals surface area contributed by atoms with E-state index < -0.39 is 30.7 Å². The molecule has 0 saturated carbocycles. The topological polar surface area (TPSA) is 66.4 Å². The zero-order chi connectivity index (χ0) is 23.6. The maximum atomic E-state index is 11.0. The number of ether oxygens (including phenoxy) is 5. The Kier molecular flexibility index (Phi) is 9.21. The maximum absolute atomic E-state index is 11.0. The van der Waals surface area contributed by atoms with Gasteiger partial charge in [0.25, 0.3) is 0 Å². The van der Waals surface area contributed by atoms with Crippen molar-refractivity contribution in [1.29, 1.82) is 0 Å². The first kappa shape index (κ1) is 24.5. The maximum Gasteiger partial charge on any atom is 0.186 e. The van der Waals surface area contributed by atoms with Crippen LogP contribution >= 0.6 is 0 Å². The quantitative estimate of drug-likeness (QED) is 0.461. The van der Waals surface area contributed by atoms with Crippen molar-refractivity contribution in [1.82, 2.24) is 0 Å². The first-order valence-electron chi connectivity index (χ1n) is 11.5. The van der Waals surface area contributed by atoms with Crippen molar-refractivity contribution in [3.05, 3.63) is 108 Å². The summed E-state index contributed by atoms with van der Waals surface area (Å²) < 4.78 is 30.0. The van der Waals surface area contributed by atoms with Gasteiger partial charge in [0.15, 0.2) is 6.29 Å². The van der Waals surface area contributed by atoms with Gasteiger partial charge in [0.2, 0.25) is 0 Å². The normalized spacial score (nSPS) is 24.7. The number of hydrogen-bond acceptors (Lipinski definition) is 6. The fraction of sp³-hybridized carbons (Fsp3) is 0.357. The second-order valence-electron chi connectivity index (χ2n) is 8.29. The second-order valence-corrected chi connectivity index (χ2v) is 8.29. The fourth-order valence-electron chi connectivity index (χ4n) is 4.02. The minimum atomic E-state index is -1.01. The van der Waals surface area contributed by atoms with Crippen molar-refractivity contribution >= 4 is 0 Å². The number of rotatable bonds is 11. The summed E-state index contributed by atoms with van der Waals surface area (Å²) >= 11 is 0. The molecular formula is C28H32O6. The Labute approximate surface area is 201 Å². The molecule has 3 aromatic carbocycles. The number of hydrogen-bond donors (Lipinski definition) is 1. The van der Waals surface area contributed by atoms with Gasteiger partial charge in [-0.05, 0) is 16.7 Å².